The van der Waals surface area contributed by atoms with Gasteiger partial charge in [-0.2, -0.15) is 0 Å². The van der Waals surface area contributed by atoms with E-state index in [9.17, 15) is 9.18 Å². The zero-order valence-corrected chi connectivity index (χ0v) is 13.5. The van der Waals surface area contributed by atoms with Crippen LogP contribution in [0.5, 0.6) is 5.75 Å². The van der Waals surface area contributed by atoms with Crippen molar-refractivity contribution in [1.29, 1.82) is 0 Å². The maximum absolute atomic E-state index is 13.6. The standard InChI is InChI=1S/C18H18FN3O2/c1-3-6-14-17(22-11-12(19)9-10-16(22)20-14)18(23)21-13-7-4-5-8-15(13)24-2/h4-5,7-11H,3,6H2,1-2H3,(H,21,23). The molecule has 2 heterocycles. The molecule has 0 atom stereocenters. The summed E-state index contributed by atoms with van der Waals surface area (Å²) in [6, 6.07) is 10.0. The Morgan fingerprint density at radius 3 is 2.83 bits per heavy atom. The van der Waals surface area contributed by atoms with Crippen LogP contribution in [0.3, 0.4) is 0 Å². The zero-order chi connectivity index (χ0) is 17.1. The van der Waals surface area contributed by atoms with E-state index in [1.807, 2.05) is 13.0 Å². The third kappa shape index (κ3) is 2.95. The van der Waals surface area contributed by atoms with Crippen LogP contribution in [0.1, 0.15) is 29.5 Å². The summed E-state index contributed by atoms with van der Waals surface area (Å²) in [6.45, 7) is 2.01. The molecule has 6 heteroatoms. The highest BCUT2D eigenvalue weighted by Gasteiger charge is 2.20. The smallest absolute Gasteiger partial charge is 0.274 e. The molecule has 1 aromatic carbocycles. The quantitative estimate of drug-likeness (QED) is 0.777. The predicted octanol–water partition coefficient (Wildman–Crippen LogP) is 3.69. The lowest BCUT2D eigenvalue weighted by Crippen LogP contribution is -2.17. The summed E-state index contributed by atoms with van der Waals surface area (Å²) in [5.41, 5.74) is 2.09. The van der Waals surface area contributed by atoms with E-state index in [0.29, 0.717) is 34.9 Å². The number of ether oxygens (including phenoxy) is 1. The number of rotatable bonds is 5. The Kier molecular flexibility index (Phi) is 4.46. The van der Waals surface area contributed by atoms with E-state index in [0.717, 1.165) is 6.42 Å². The van der Waals surface area contributed by atoms with Crippen molar-refractivity contribution in [2.24, 2.45) is 0 Å². The molecule has 0 radical (unpaired) electrons. The number of aromatic nitrogens is 2. The van der Waals surface area contributed by atoms with Crippen molar-refractivity contribution in [1.82, 2.24) is 9.38 Å². The maximum atomic E-state index is 13.6. The molecule has 0 saturated carbocycles. The zero-order valence-electron chi connectivity index (χ0n) is 13.5. The molecule has 0 aliphatic carbocycles. The van der Waals surface area contributed by atoms with Crippen molar-refractivity contribution in [2.75, 3.05) is 12.4 Å². The van der Waals surface area contributed by atoms with Crippen molar-refractivity contribution in [3.63, 3.8) is 0 Å². The summed E-state index contributed by atoms with van der Waals surface area (Å²) < 4.78 is 20.4. The molecule has 0 fully saturated rings. The van der Waals surface area contributed by atoms with Crippen LogP contribution in [0.4, 0.5) is 10.1 Å². The first-order chi connectivity index (χ1) is 11.6. The fourth-order valence-electron chi connectivity index (χ4n) is 2.65. The third-order valence-corrected chi connectivity index (χ3v) is 3.71. The number of amides is 1. The number of imidazole rings is 1. The van der Waals surface area contributed by atoms with Crippen LogP contribution in [0, 0.1) is 5.82 Å². The lowest BCUT2D eigenvalue weighted by Gasteiger charge is -2.10. The molecule has 0 aliphatic heterocycles. The van der Waals surface area contributed by atoms with E-state index in [2.05, 4.69) is 10.3 Å². The second-order valence-corrected chi connectivity index (χ2v) is 5.39. The van der Waals surface area contributed by atoms with Gasteiger partial charge in [0.1, 0.15) is 22.9 Å². The van der Waals surface area contributed by atoms with E-state index >= 15 is 0 Å². The summed E-state index contributed by atoms with van der Waals surface area (Å²) in [7, 11) is 1.54. The molecule has 1 N–H and O–H groups in total. The number of benzene rings is 1. The van der Waals surface area contributed by atoms with Gasteiger partial charge in [-0.1, -0.05) is 25.5 Å². The minimum absolute atomic E-state index is 0.345. The van der Waals surface area contributed by atoms with Crippen LogP contribution in [-0.4, -0.2) is 22.4 Å². The highest BCUT2D eigenvalue weighted by Crippen LogP contribution is 2.25. The molecule has 24 heavy (non-hydrogen) atoms. The highest BCUT2D eigenvalue weighted by molar-refractivity contribution is 6.05. The lowest BCUT2D eigenvalue weighted by molar-refractivity contribution is 0.102. The number of methoxy groups -OCH3 is 1. The predicted molar refractivity (Wildman–Crippen MR) is 90.1 cm³/mol. The minimum atomic E-state index is -0.422. The molecular formula is C18H18FN3O2. The van der Waals surface area contributed by atoms with E-state index < -0.39 is 5.82 Å². The van der Waals surface area contributed by atoms with Gasteiger partial charge < -0.3 is 10.1 Å². The summed E-state index contributed by atoms with van der Waals surface area (Å²) in [6.07, 6.45) is 2.75. The third-order valence-electron chi connectivity index (χ3n) is 3.71. The average Bonchev–Trinajstić information content (AvgIpc) is 2.93. The van der Waals surface area contributed by atoms with Gasteiger partial charge >= 0.3 is 0 Å². The highest BCUT2D eigenvalue weighted by atomic mass is 19.1. The molecule has 5 nitrogen and oxygen atoms in total. The van der Waals surface area contributed by atoms with Crippen LogP contribution in [0.25, 0.3) is 5.65 Å². The summed E-state index contributed by atoms with van der Waals surface area (Å²) in [4.78, 5) is 17.3. The van der Waals surface area contributed by atoms with Crippen molar-refractivity contribution >= 4 is 17.2 Å². The molecular weight excluding hydrogens is 309 g/mol. The van der Waals surface area contributed by atoms with Gasteiger partial charge in [-0.05, 0) is 30.7 Å². The number of anilines is 1. The Hall–Kier alpha value is -2.89. The first kappa shape index (κ1) is 16.0. The van der Waals surface area contributed by atoms with E-state index in [-0.39, 0.29) is 5.91 Å². The molecule has 0 saturated heterocycles. The fraction of sp³-hybridized carbons (Fsp3) is 0.222. The number of hydrogen-bond acceptors (Lipinski definition) is 3. The van der Waals surface area contributed by atoms with Crippen molar-refractivity contribution in [3.8, 4) is 5.75 Å². The number of carbonyl (C=O) groups is 1. The summed E-state index contributed by atoms with van der Waals surface area (Å²) >= 11 is 0. The van der Waals surface area contributed by atoms with Crippen molar-refractivity contribution in [2.45, 2.75) is 19.8 Å². The number of pyridine rings is 1. The van der Waals surface area contributed by atoms with Gasteiger partial charge in [-0.25, -0.2) is 9.37 Å². The number of nitrogens with zero attached hydrogens (tertiary/aromatic N) is 2. The largest absolute Gasteiger partial charge is 0.495 e. The number of aryl methyl sites for hydroxylation is 1. The Labute approximate surface area is 139 Å². The average molecular weight is 327 g/mol. The number of para-hydroxylation sites is 2. The second-order valence-electron chi connectivity index (χ2n) is 5.39. The van der Waals surface area contributed by atoms with Crippen LogP contribution >= 0.6 is 0 Å². The van der Waals surface area contributed by atoms with E-state index in [1.165, 1.54) is 23.8 Å². The Balaban J connectivity index is 2.05. The summed E-state index contributed by atoms with van der Waals surface area (Å²) in [5.74, 6) is -0.210. The van der Waals surface area contributed by atoms with Crippen LogP contribution in [0.15, 0.2) is 42.6 Å². The Morgan fingerprint density at radius 2 is 2.08 bits per heavy atom. The normalized spacial score (nSPS) is 10.8. The SMILES string of the molecule is CCCc1nc2ccc(F)cn2c1C(=O)Nc1ccccc1OC. The van der Waals surface area contributed by atoms with Crippen molar-refractivity contribution in [3.05, 3.63) is 59.8 Å². The molecule has 2 aromatic heterocycles. The van der Waals surface area contributed by atoms with Crippen LogP contribution < -0.4 is 10.1 Å². The van der Waals surface area contributed by atoms with Crippen LogP contribution in [-0.2, 0) is 6.42 Å². The van der Waals surface area contributed by atoms with Gasteiger partial charge in [0.25, 0.3) is 5.91 Å². The van der Waals surface area contributed by atoms with Gasteiger partial charge in [0.05, 0.1) is 18.5 Å². The minimum Gasteiger partial charge on any atom is -0.495 e. The Morgan fingerprint density at radius 1 is 1.29 bits per heavy atom. The van der Waals surface area contributed by atoms with Gasteiger partial charge in [0.2, 0.25) is 0 Å². The first-order valence-corrected chi connectivity index (χ1v) is 7.75. The molecule has 0 spiro atoms. The van der Waals surface area contributed by atoms with Crippen molar-refractivity contribution < 1.29 is 13.9 Å². The summed E-state index contributed by atoms with van der Waals surface area (Å²) in [5, 5.41) is 2.83. The number of nitrogens with one attached hydrogen (secondary N) is 1. The van der Waals surface area contributed by atoms with Gasteiger partial charge in [-0.15, -0.1) is 0 Å². The molecule has 124 valence electrons. The number of halogens is 1. The van der Waals surface area contributed by atoms with Gasteiger partial charge in [0, 0.05) is 6.20 Å². The molecule has 3 aromatic rings. The number of hydrogen-bond donors (Lipinski definition) is 1. The Bertz CT molecular complexity index is 889. The lowest BCUT2D eigenvalue weighted by atomic mass is 10.2. The first-order valence-electron chi connectivity index (χ1n) is 7.75. The molecule has 0 bridgehead atoms. The molecule has 3 rings (SSSR count). The van der Waals surface area contributed by atoms with Gasteiger partial charge in [0.15, 0.2) is 0 Å². The molecule has 1 amide bonds. The van der Waals surface area contributed by atoms with E-state index in [1.54, 1.807) is 24.3 Å². The molecule has 0 unspecified atom stereocenters. The molecule has 0 aliphatic rings. The van der Waals surface area contributed by atoms with Crippen LogP contribution in [0.2, 0.25) is 0 Å². The number of fused-ring (bicyclic) bond motifs is 1. The number of carbonyl (C=O) groups excluding carboxylic acids is 1. The fourth-order valence-corrected chi connectivity index (χ4v) is 2.65. The topological polar surface area (TPSA) is 55.6 Å². The monoisotopic (exact) mass is 327 g/mol. The maximum Gasteiger partial charge on any atom is 0.274 e. The van der Waals surface area contributed by atoms with Gasteiger partial charge in [-0.3, -0.25) is 9.20 Å². The second kappa shape index (κ2) is 6.70. The van der Waals surface area contributed by atoms with E-state index in [4.69, 9.17) is 4.74 Å².